The van der Waals surface area contributed by atoms with Gasteiger partial charge in [-0.2, -0.15) is 0 Å². The Labute approximate surface area is 172 Å². The SMILES string of the molecule is CC(C(=O)NCCS(=O)(=O)N1CCc2ccccc21)N1CCc2ccccc2C1. The Morgan fingerprint density at radius 1 is 1.00 bits per heavy atom. The number of carbonyl (C=O) groups is 1. The molecule has 1 N–H and O–H groups in total. The minimum Gasteiger partial charge on any atom is -0.354 e. The summed E-state index contributed by atoms with van der Waals surface area (Å²) < 4.78 is 27.0. The van der Waals surface area contributed by atoms with Crippen LogP contribution in [0.2, 0.25) is 0 Å². The van der Waals surface area contributed by atoms with Gasteiger partial charge in [-0.3, -0.25) is 14.0 Å². The van der Waals surface area contributed by atoms with Crippen LogP contribution < -0.4 is 9.62 Å². The number of para-hydroxylation sites is 1. The molecule has 0 radical (unpaired) electrons. The molecule has 0 spiro atoms. The van der Waals surface area contributed by atoms with Crippen molar-refractivity contribution in [1.82, 2.24) is 10.2 Å². The number of fused-ring (bicyclic) bond motifs is 2. The molecule has 2 aliphatic heterocycles. The number of sulfonamides is 1. The second kappa shape index (κ2) is 8.16. The lowest BCUT2D eigenvalue weighted by Gasteiger charge is -2.32. The Bertz CT molecular complexity index is 1010. The van der Waals surface area contributed by atoms with Crippen LogP contribution in [0.25, 0.3) is 0 Å². The predicted octanol–water partition coefficient (Wildman–Crippen LogP) is 1.94. The van der Waals surface area contributed by atoms with Gasteiger partial charge in [-0.15, -0.1) is 0 Å². The van der Waals surface area contributed by atoms with E-state index in [0.29, 0.717) is 6.54 Å². The van der Waals surface area contributed by atoms with E-state index in [0.717, 1.165) is 37.2 Å². The highest BCUT2D eigenvalue weighted by Gasteiger charge is 2.29. The largest absolute Gasteiger partial charge is 0.354 e. The number of benzene rings is 2. The third-order valence-corrected chi connectivity index (χ3v) is 7.70. The van der Waals surface area contributed by atoms with Gasteiger partial charge in [-0.1, -0.05) is 42.5 Å². The van der Waals surface area contributed by atoms with Crippen molar-refractivity contribution in [1.29, 1.82) is 0 Å². The summed E-state index contributed by atoms with van der Waals surface area (Å²) in [7, 11) is -3.45. The van der Waals surface area contributed by atoms with Gasteiger partial charge in [0.15, 0.2) is 0 Å². The van der Waals surface area contributed by atoms with Crippen molar-refractivity contribution in [3.05, 3.63) is 65.2 Å². The van der Waals surface area contributed by atoms with E-state index in [-0.39, 0.29) is 24.2 Å². The zero-order valence-electron chi connectivity index (χ0n) is 16.7. The predicted molar refractivity (Wildman–Crippen MR) is 114 cm³/mol. The first-order valence-electron chi connectivity index (χ1n) is 10.1. The molecule has 0 bridgehead atoms. The molecule has 1 amide bonds. The normalized spacial score (nSPS) is 17.5. The van der Waals surface area contributed by atoms with E-state index >= 15 is 0 Å². The molecule has 0 saturated carbocycles. The second-order valence-electron chi connectivity index (χ2n) is 7.72. The molecule has 7 heteroatoms. The summed E-state index contributed by atoms with van der Waals surface area (Å²) in [5.74, 6) is -0.218. The number of hydrogen-bond acceptors (Lipinski definition) is 4. The maximum Gasteiger partial charge on any atom is 0.237 e. The highest BCUT2D eigenvalue weighted by atomic mass is 32.2. The first kappa shape index (κ1) is 19.9. The summed E-state index contributed by atoms with van der Waals surface area (Å²) in [6.45, 7) is 4.05. The standard InChI is InChI=1S/C22H27N3O3S/c1-17(24-13-10-18-6-2-3-8-20(18)16-24)22(26)23-12-15-29(27,28)25-14-11-19-7-4-5-9-21(19)25/h2-9,17H,10-16H2,1H3,(H,23,26). The topological polar surface area (TPSA) is 69.7 Å². The first-order valence-corrected chi connectivity index (χ1v) is 11.7. The number of rotatable bonds is 6. The molecule has 0 aromatic heterocycles. The van der Waals surface area contributed by atoms with E-state index in [4.69, 9.17) is 0 Å². The van der Waals surface area contributed by atoms with E-state index < -0.39 is 10.0 Å². The average Bonchev–Trinajstić information content (AvgIpc) is 3.18. The van der Waals surface area contributed by atoms with Crippen LogP contribution in [0.15, 0.2) is 48.5 Å². The van der Waals surface area contributed by atoms with Gasteiger partial charge in [-0.05, 0) is 42.5 Å². The molecule has 1 unspecified atom stereocenters. The molecule has 2 heterocycles. The molecule has 2 aromatic carbocycles. The minimum absolute atomic E-state index is 0.0946. The van der Waals surface area contributed by atoms with E-state index in [9.17, 15) is 13.2 Å². The summed E-state index contributed by atoms with van der Waals surface area (Å²) in [6.07, 6.45) is 1.66. The van der Waals surface area contributed by atoms with Gasteiger partial charge in [0.25, 0.3) is 0 Å². The quantitative estimate of drug-likeness (QED) is 0.786. The fourth-order valence-corrected chi connectivity index (χ4v) is 5.60. The number of carbonyl (C=O) groups excluding carboxylic acids is 1. The number of anilines is 1. The molecular formula is C22H27N3O3S. The average molecular weight is 414 g/mol. The summed E-state index contributed by atoms with van der Waals surface area (Å²) in [6, 6.07) is 15.6. The van der Waals surface area contributed by atoms with E-state index in [1.165, 1.54) is 15.4 Å². The Kier molecular flexibility index (Phi) is 5.61. The Morgan fingerprint density at radius 3 is 2.45 bits per heavy atom. The van der Waals surface area contributed by atoms with Gasteiger partial charge in [0, 0.05) is 26.2 Å². The fourth-order valence-electron chi connectivity index (χ4n) is 4.17. The fraction of sp³-hybridized carbons (Fsp3) is 0.409. The van der Waals surface area contributed by atoms with Gasteiger partial charge >= 0.3 is 0 Å². The number of hydrogen-bond donors (Lipinski definition) is 1. The number of nitrogens with zero attached hydrogens (tertiary/aromatic N) is 2. The second-order valence-corrected chi connectivity index (χ2v) is 9.74. The lowest BCUT2D eigenvalue weighted by Crippen LogP contribution is -2.48. The van der Waals surface area contributed by atoms with Crippen LogP contribution in [0, 0.1) is 0 Å². The number of amides is 1. The summed E-state index contributed by atoms with van der Waals surface area (Å²) in [4.78, 5) is 14.7. The van der Waals surface area contributed by atoms with Gasteiger partial charge < -0.3 is 5.32 Å². The molecule has 2 aromatic rings. The van der Waals surface area contributed by atoms with Crippen molar-refractivity contribution in [3.8, 4) is 0 Å². The van der Waals surface area contributed by atoms with Gasteiger partial charge in [0.2, 0.25) is 15.9 Å². The molecular weight excluding hydrogens is 386 g/mol. The first-order chi connectivity index (χ1) is 14.0. The van der Waals surface area contributed by atoms with Gasteiger partial charge in [0.05, 0.1) is 17.5 Å². The van der Waals surface area contributed by atoms with Crippen LogP contribution >= 0.6 is 0 Å². The van der Waals surface area contributed by atoms with Crippen LogP contribution in [-0.2, 0) is 34.2 Å². The molecule has 4 rings (SSSR count). The van der Waals surface area contributed by atoms with Crippen molar-refractivity contribution in [2.45, 2.75) is 32.4 Å². The van der Waals surface area contributed by atoms with Gasteiger partial charge in [-0.25, -0.2) is 8.42 Å². The maximum absolute atomic E-state index is 12.8. The number of nitrogens with one attached hydrogen (secondary N) is 1. The molecule has 0 fully saturated rings. The van der Waals surface area contributed by atoms with E-state index in [1.54, 1.807) is 0 Å². The smallest absolute Gasteiger partial charge is 0.237 e. The summed E-state index contributed by atoms with van der Waals surface area (Å²) in [5.41, 5.74) is 4.42. The van der Waals surface area contributed by atoms with Crippen LogP contribution in [0.4, 0.5) is 5.69 Å². The lowest BCUT2D eigenvalue weighted by molar-refractivity contribution is -0.126. The molecule has 2 aliphatic rings. The maximum atomic E-state index is 12.8. The van der Waals surface area contributed by atoms with Crippen LogP contribution in [0.3, 0.4) is 0 Å². The Morgan fingerprint density at radius 2 is 1.66 bits per heavy atom. The molecule has 0 saturated heterocycles. The highest BCUT2D eigenvalue weighted by Crippen LogP contribution is 2.29. The van der Waals surface area contributed by atoms with Crippen molar-refractivity contribution in [3.63, 3.8) is 0 Å². The minimum atomic E-state index is -3.45. The van der Waals surface area contributed by atoms with Crippen molar-refractivity contribution in [2.24, 2.45) is 0 Å². The van der Waals surface area contributed by atoms with Crippen molar-refractivity contribution >= 4 is 21.6 Å². The zero-order valence-corrected chi connectivity index (χ0v) is 17.5. The van der Waals surface area contributed by atoms with Crippen molar-refractivity contribution < 1.29 is 13.2 Å². The Hall–Kier alpha value is -2.38. The summed E-state index contributed by atoms with van der Waals surface area (Å²) in [5, 5.41) is 2.82. The van der Waals surface area contributed by atoms with E-state index in [2.05, 4.69) is 22.3 Å². The van der Waals surface area contributed by atoms with Crippen LogP contribution in [0.1, 0.15) is 23.6 Å². The highest BCUT2D eigenvalue weighted by molar-refractivity contribution is 7.92. The van der Waals surface area contributed by atoms with Gasteiger partial charge in [0.1, 0.15) is 0 Å². The molecule has 6 nitrogen and oxygen atoms in total. The zero-order chi connectivity index (χ0) is 20.4. The lowest BCUT2D eigenvalue weighted by atomic mass is 9.99. The monoisotopic (exact) mass is 413 g/mol. The Balaban J connectivity index is 1.31. The molecule has 1 atom stereocenters. The third kappa shape index (κ3) is 4.16. The molecule has 29 heavy (non-hydrogen) atoms. The molecule has 154 valence electrons. The van der Waals surface area contributed by atoms with Crippen molar-refractivity contribution in [2.75, 3.05) is 29.7 Å². The third-order valence-electron chi connectivity index (χ3n) is 5.93. The summed E-state index contributed by atoms with van der Waals surface area (Å²) >= 11 is 0. The van der Waals surface area contributed by atoms with Crippen LogP contribution in [-0.4, -0.2) is 50.7 Å². The van der Waals surface area contributed by atoms with Crippen LogP contribution in [0.5, 0.6) is 0 Å². The van der Waals surface area contributed by atoms with E-state index in [1.807, 2.05) is 43.3 Å². The molecule has 0 aliphatic carbocycles.